The van der Waals surface area contributed by atoms with Crippen molar-refractivity contribution in [3.8, 4) is 23.0 Å². The summed E-state index contributed by atoms with van der Waals surface area (Å²) in [4.78, 5) is 46.8. The molecule has 6 atom stereocenters. The van der Waals surface area contributed by atoms with Crippen molar-refractivity contribution < 1.29 is 53.2 Å². The molecule has 0 unspecified atom stereocenters. The molecule has 0 spiro atoms. The number of fused-ring (bicyclic) bond motifs is 3. The molecular formula is C53H58N4O12. The quantitative estimate of drug-likeness (QED) is 0.0237. The molecule has 1 saturated carbocycles. The first-order chi connectivity index (χ1) is 33.7. The number of carbonyl (C=O) groups is 2. The minimum atomic E-state index is -1.58. The Morgan fingerprint density at radius 1 is 0.942 bits per heavy atom. The predicted molar refractivity (Wildman–Crippen MR) is 257 cm³/mol. The molecule has 8 rings (SSSR count). The van der Waals surface area contributed by atoms with Crippen LogP contribution in [-0.4, -0.2) is 83.3 Å². The molecule has 16 heteroatoms. The molecule has 0 bridgehead atoms. The Bertz CT molecular complexity index is 2560. The van der Waals surface area contributed by atoms with Gasteiger partial charge in [-0.3, -0.25) is 14.9 Å². The number of amides is 2. The van der Waals surface area contributed by atoms with Crippen molar-refractivity contribution in [1.29, 1.82) is 0 Å². The number of aliphatic hydroxyl groups excluding tert-OH is 2. The molecule has 1 fully saturated rings. The highest BCUT2D eigenvalue weighted by atomic mass is 16.7. The van der Waals surface area contributed by atoms with Crippen LogP contribution in [0.5, 0.6) is 23.0 Å². The molecule has 0 saturated heterocycles. The van der Waals surface area contributed by atoms with Gasteiger partial charge in [-0.05, 0) is 108 Å². The number of hydrogen-bond acceptors (Lipinski definition) is 13. The standard InChI is InChI=1S/C53H58N4O12/c1-3-27-67-53-48(56(33-37-17-22-46-47(28-37)66-34-65-46)49(60)24-18-35-15-19-39(20-16-35)57(62)63)31-44(55-64-2)42-29-38(13-7-9-25-58)41(14-8-10-26-59)50(51(42)53)43-30-40(21-23-45(43)69-53)68-52(61)54-32-36-11-5-4-6-12-36/h3-6,11-12,15-24,28-30,38,41,48,50-51,58-59H,1,7-10,13-14,25-27,31-34H2,2H3,(H,54,61)/t38-,41+,48-,50+,51+,53+/m0/s1. The number of unbranched alkanes of at least 4 members (excludes halogenated alkanes) is 2. The third-order valence-electron chi connectivity index (χ3n) is 13.3. The number of carbonyl (C=O) groups excluding carboxylic acids is 2. The van der Waals surface area contributed by atoms with Crippen LogP contribution in [0.25, 0.3) is 6.08 Å². The zero-order valence-corrected chi connectivity index (χ0v) is 38.6. The molecule has 4 aromatic rings. The van der Waals surface area contributed by atoms with Gasteiger partial charge in [-0.15, -0.1) is 6.58 Å². The van der Waals surface area contributed by atoms with Crippen LogP contribution in [0.4, 0.5) is 10.5 Å². The van der Waals surface area contributed by atoms with Crippen molar-refractivity contribution in [3.05, 3.63) is 154 Å². The van der Waals surface area contributed by atoms with Crippen molar-refractivity contribution in [2.24, 2.45) is 22.9 Å². The summed E-state index contributed by atoms with van der Waals surface area (Å²) >= 11 is 0. The van der Waals surface area contributed by atoms with Crippen LogP contribution in [0, 0.1) is 27.9 Å². The number of aliphatic hydroxyl groups is 2. The molecule has 0 aromatic heterocycles. The number of non-ortho nitro benzene ring substituents is 1. The van der Waals surface area contributed by atoms with Crippen LogP contribution in [0.3, 0.4) is 0 Å². The summed E-state index contributed by atoms with van der Waals surface area (Å²) < 4.78 is 31.8. The van der Waals surface area contributed by atoms with E-state index in [1.165, 1.54) is 25.3 Å². The Kier molecular flexibility index (Phi) is 15.7. The minimum absolute atomic E-state index is 0.0241. The first-order valence-electron chi connectivity index (χ1n) is 23.4. The fraction of sp³-hybridized carbons (Fsp3) is 0.377. The van der Waals surface area contributed by atoms with Crippen molar-refractivity contribution in [1.82, 2.24) is 10.2 Å². The molecule has 362 valence electrons. The molecular weight excluding hydrogens is 885 g/mol. The van der Waals surface area contributed by atoms with Gasteiger partial charge in [0, 0.05) is 62.4 Å². The largest absolute Gasteiger partial charge is 0.459 e. The van der Waals surface area contributed by atoms with E-state index in [-0.39, 0.29) is 69.6 Å². The Morgan fingerprint density at radius 3 is 2.43 bits per heavy atom. The molecule has 2 heterocycles. The first kappa shape index (κ1) is 48.4. The van der Waals surface area contributed by atoms with Gasteiger partial charge in [0.15, 0.2) is 11.5 Å². The second-order valence-electron chi connectivity index (χ2n) is 17.5. The van der Waals surface area contributed by atoms with E-state index in [0.29, 0.717) is 60.0 Å². The summed E-state index contributed by atoms with van der Waals surface area (Å²) in [6, 6.07) is 25.4. The predicted octanol–water partition coefficient (Wildman–Crippen LogP) is 8.62. The van der Waals surface area contributed by atoms with E-state index in [0.717, 1.165) is 35.1 Å². The first-order valence-corrected chi connectivity index (χ1v) is 23.4. The number of nitro groups is 1. The maximum Gasteiger partial charge on any atom is 0.412 e. The van der Waals surface area contributed by atoms with E-state index in [9.17, 15) is 25.1 Å². The molecule has 2 amide bonds. The van der Waals surface area contributed by atoms with Gasteiger partial charge in [0.25, 0.3) is 5.69 Å². The van der Waals surface area contributed by atoms with Crippen molar-refractivity contribution in [2.45, 2.75) is 75.8 Å². The molecule has 3 N–H and O–H groups in total. The van der Waals surface area contributed by atoms with E-state index < -0.39 is 34.7 Å². The molecule has 2 aliphatic carbocycles. The zero-order chi connectivity index (χ0) is 48.3. The van der Waals surface area contributed by atoms with E-state index in [1.54, 1.807) is 47.4 Å². The van der Waals surface area contributed by atoms with Gasteiger partial charge in [-0.2, -0.15) is 0 Å². The number of hydrogen-bond donors (Lipinski definition) is 3. The Morgan fingerprint density at radius 2 is 1.70 bits per heavy atom. The molecule has 16 nitrogen and oxygen atoms in total. The van der Waals surface area contributed by atoms with Crippen LogP contribution in [-0.2, 0) is 27.5 Å². The number of nitrogens with zero attached hydrogens (tertiary/aromatic N) is 3. The zero-order valence-electron chi connectivity index (χ0n) is 38.6. The number of nitro benzene ring substituents is 1. The highest BCUT2D eigenvalue weighted by Gasteiger charge is 2.65. The summed E-state index contributed by atoms with van der Waals surface area (Å²) in [7, 11) is 1.48. The number of oxime groups is 1. The minimum Gasteiger partial charge on any atom is -0.459 e. The number of nitrogens with one attached hydrogen (secondary N) is 1. The third kappa shape index (κ3) is 10.8. The molecule has 4 aromatic carbocycles. The van der Waals surface area contributed by atoms with Crippen LogP contribution < -0.4 is 24.3 Å². The van der Waals surface area contributed by atoms with E-state index in [1.807, 2.05) is 48.5 Å². The summed E-state index contributed by atoms with van der Waals surface area (Å²) in [5.41, 5.74) is 4.36. The Labute approximate surface area is 400 Å². The number of ether oxygens (including phenoxy) is 5. The monoisotopic (exact) mass is 942 g/mol. The van der Waals surface area contributed by atoms with Gasteiger partial charge in [0.1, 0.15) is 24.7 Å². The molecule has 69 heavy (non-hydrogen) atoms. The average molecular weight is 943 g/mol. The van der Waals surface area contributed by atoms with Crippen molar-refractivity contribution >= 4 is 29.5 Å². The third-order valence-corrected chi connectivity index (χ3v) is 13.3. The Balaban J connectivity index is 1.28. The van der Waals surface area contributed by atoms with Crippen LogP contribution in [0.1, 0.15) is 73.1 Å². The van der Waals surface area contributed by atoms with Crippen LogP contribution in [0.2, 0.25) is 0 Å². The lowest BCUT2D eigenvalue weighted by Gasteiger charge is -2.60. The lowest BCUT2D eigenvalue weighted by Crippen LogP contribution is -2.70. The number of benzene rings is 4. The topological polar surface area (TPSA) is 201 Å². The second kappa shape index (κ2) is 22.4. The Hall–Kier alpha value is -7.01. The molecule has 4 aliphatic rings. The lowest BCUT2D eigenvalue weighted by atomic mass is 9.55. The molecule has 2 aliphatic heterocycles. The van der Waals surface area contributed by atoms with E-state index in [2.05, 4.69) is 23.1 Å². The summed E-state index contributed by atoms with van der Waals surface area (Å²) in [6.07, 6.45) is 10.6. The number of rotatable bonds is 21. The fourth-order valence-electron chi connectivity index (χ4n) is 10.3. The van der Waals surface area contributed by atoms with Gasteiger partial charge in [0.05, 0.1) is 23.2 Å². The SMILES string of the molecule is C=CCO[C@@]12Oc3ccc(OC(=O)NCc4ccccc4)cc3[C@H]3[C@H](CCCCO)[C@@H](CCCCO)C=C(C(=NOC)C[C@@H]1N(Cc1ccc4c(c1)OCO4)C(=O)C=Cc1ccc([N+](=O)[O-])cc1)[C@H]32. The van der Waals surface area contributed by atoms with E-state index in [4.69, 9.17) is 28.5 Å². The number of allylic oxidation sites excluding steroid dienone is 1. The second-order valence-corrected chi connectivity index (χ2v) is 17.5. The normalized spacial score (nSPS) is 22.4. The van der Waals surface area contributed by atoms with Crippen molar-refractivity contribution in [2.75, 3.05) is 33.7 Å². The summed E-state index contributed by atoms with van der Waals surface area (Å²) in [5, 5.41) is 38.9. The van der Waals surface area contributed by atoms with Gasteiger partial charge < -0.3 is 49.0 Å². The van der Waals surface area contributed by atoms with Crippen LogP contribution in [0.15, 0.2) is 127 Å². The fourth-order valence-corrected chi connectivity index (χ4v) is 10.3. The maximum absolute atomic E-state index is 15.2. The van der Waals surface area contributed by atoms with Gasteiger partial charge >= 0.3 is 6.09 Å². The van der Waals surface area contributed by atoms with Gasteiger partial charge in [0.2, 0.25) is 18.5 Å². The lowest BCUT2D eigenvalue weighted by molar-refractivity contribution is -0.384. The van der Waals surface area contributed by atoms with Crippen LogP contribution >= 0.6 is 0 Å². The molecule has 0 radical (unpaired) electrons. The summed E-state index contributed by atoms with van der Waals surface area (Å²) in [6.45, 7) is 4.54. The van der Waals surface area contributed by atoms with Gasteiger partial charge in [-0.25, -0.2) is 4.79 Å². The highest BCUT2D eigenvalue weighted by Crippen LogP contribution is 2.62. The average Bonchev–Trinajstić information content (AvgIpc) is 3.84. The van der Waals surface area contributed by atoms with Gasteiger partial charge in [-0.1, -0.05) is 66.5 Å². The highest BCUT2D eigenvalue weighted by molar-refractivity contribution is 6.03. The maximum atomic E-state index is 15.2. The summed E-state index contributed by atoms with van der Waals surface area (Å²) in [5.74, 6) is -1.20. The van der Waals surface area contributed by atoms with Crippen molar-refractivity contribution in [3.63, 3.8) is 0 Å². The smallest absolute Gasteiger partial charge is 0.412 e. The van der Waals surface area contributed by atoms with E-state index >= 15 is 4.79 Å².